The Bertz CT molecular complexity index is 1700. The first-order valence-corrected chi connectivity index (χ1v) is 23.7. The molecule has 3 heterocycles. The number of esters is 3. The molecule has 378 valence electrons. The zero-order valence-corrected chi connectivity index (χ0v) is 41.7. The topological polar surface area (TPSA) is 218 Å². The summed E-state index contributed by atoms with van der Waals surface area (Å²) in [6, 6.07) is 8.73. The molecule has 4 rings (SSSR count). The molecule has 3 unspecified atom stereocenters. The number of hydrogen-bond acceptors (Lipinski definition) is 17. The zero-order valence-electron chi connectivity index (χ0n) is 41.7. The third-order valence-corrected chi connectivity index (χ3v) is 14.0. The molecule has 0 aromatic heterocycles. The molecule has 0 spiro atoms. The molecule has 66 heavy (non-hydrogen) atoms. The quantitative estimate of drug-likeness (QED) is 0.159. The van der Waals surface area contributed by atoms with Gasteiger partial charge in [0.25, 0.3) is 0 Å². The maximum Gasteiger partial charge on any atom is 0.347 e. The van der Waals surface area contributed by atoms with Crippen molar-refractivity contribution in [3.8, 4) is 0 Å². The normalized spacial score (nSPS) is 41.1. The van der Waals surface area contributed by atoms with Crippen molar-refractivity contribution in [2.24, 2.45) is 17.8 Å². The van der Waals surface area contributed by atoms with E-state index in [2.05, 4.69) is 0 Å². The maximum absolute atomic E-state index is 14.4. The summed E-state index contributed by atoms with van der Waals surface area (Å²) >= 11 is 0. The SMILES string of the molecule is CC[C@H]1OC(=O)[C@H](C)[C@@H](O[C@H]2C[C@@](C)(OC)[C@@H](O)[C@H](C)O2)[C@H](C)[C@@H](OC2OC(C)CCC2OC(=O)[C@H](C)OC(=O)[C@@H](C)OCc2ccccc2)[C@](C)(O)C[C@@H](C)CN(C)[C@H](C)[C@@H](O)[C@]1(C)O. The lowest BCUT2D eigenvalue weighted by molar-refractivity contribution is -0.315. The standard InChI is InChI=1S/C49H81NO16/c1-15-37-49(12,57)40(51)31(6)50(13)25-27(2)23-47(10,56)42(29(4)39(30(5)43(53)64-37)65-38-24-48(11,58-14)41(52)32(7)61-38)66-46-36(22-21-28(3)60-46)63-45(55)34(9)62-44(54)33(8)59-26-35-19-17-16-18-20-35/h16-20,27-34,36-42,46,51-52,56-57H,15,21-26H2,1-14H3/t27-,28?,29+,30-,31-,32+,33-,34+,36?,37-,38+,39+,40-,41+,42-,46?,47-,48-,49-/m1/s1. The number of carbonyl (C=O) groups excluding carboxylic acids is 3. The van der Waals surface area contributed by atoms with Gasteiger partial charge in [0.1, 0.15) is 23.9 Å². The minimum atomic E-state index is -1.86. The number of aliphatic hydroxyl groups excluding tert-OH is 2. The predicted octanol–water partition coefficient (Wildman–Crippen LogP) is 4.45. The van der Waals surface area contributed by atoms with Crippen LogP contribution in [-0.4, -0.2) is 160 Å². The van der Waals surface area contributed by atoms with Gasteiger partial charge in [-0.1, -0.05) is 51.1 Å². The third-order valence-electron chi connectivity index (χ3n) is 14.0. The molecule has 0 aliphatic carbocycles. The van der Waals surface area contributed by atoms with E-state index in [0.29, 0.717) is 19.4 Å². The first-order valence-electron chi connectivity index (χ1n) is 23.7. The van der Waals surface area contributed by atoms with Crippen LogP contribution in [0.5, 0.6) is 0 Å². The molecular formula is C49H81NO16. The molecule has 3 aliphatic heterocycles. The number of nitrogens with zero attached hydrogens (tertiary/aromatic N) is 1. The number of aliphatic hydroxyl groups is 4. The minimum absolute atomic E-state index is 0.0730. The molecule has 3 aliphatic rings. The van der Waals surface area contributed by atoms with Crippen LogP contribution in [0.15, 0.2) is 30.3 Å². The molecule has 19 atom stereocenters. The summed E-state index contributed by atoms with van der Waals surface area (Å²) < 4.78 is 55.2. The van der Waals surface area contributed by atoms with E-state index >= 15 is 0 Å². The second-order valence-electron chi connectivity index (χ2n) is 20.0. The minimum Gasteiger partial charge on any atom is -0.459 e. The Kier molecular flexibility index (Phi) is 20.0. The Morgan fingerprint density at radius 2 is 1.55 bits per heavy atom. The second-order valence-corrected chi connectivity index (χ2v) is 20.0. The number of cyclic esters (lactones) is 1. The van der Waals surface area contributed by atoms with Gasteiger partial charge in [0.15, 0.2) is 30.9 Å². The highest BCUT2D eigenvalue weighted by Crippen LogP contribution is 2.40. The Morgan fingerprint density at radius 1 is 0.894 bits per heavy atom. The summed E-state index contributed by atoms with van der Waals surface area (Å²) in [5.41, 5.74) is -3.75. The first kappa shape index (κ1) is 55.8. The Balaban J connectivity index is 1.70. The fourth-order valence-electron chi connectivity index (χ4n) is 9.66. The monoisotopic (exact) mass is 940 g/mol. The van der Waals surface area contributed by atoms with Gasteiger partial charge in [-0.3, -0.25) is 4.79 Å². The average molecular weight is 940 g/mol. The lowest BCUT2D eigenvalue weighted by Crippen LogP contribution is -2.59. The van der Waals surface area contributed by atoms with Crippen LogP contribution in [-0.2, 0) is 63.6 Å². The summed E-state index contributed by atoms with van der Waals surface area (Å²) in [6.07, 6.45) is -11.2. The van der Waals surface area contributed by atoms with Gasteiger partial charge in [0.2, 0.25) is 0 Å². The molecular weight excluding hydrogens is 859 g/mol. The first-order chi connectivity index (χ1) is 30.8. The third kappa shape index (κ3) is 13.9. The van der Waals surface area contributed by atoms with Crippen LogP contribution in [0.1, 0.15) is 121 Å². The van der Waals surface area contributed by atoms with E-state index in [1.165, 1.54) is 27.9 Å². The van der Waals surface area contributed by atoms with E-state index in [4.69, 9.17) is 42.6 Å². The van der Waals surface area contributed by atoms with Crippen LogP contribution in [0, 0.1) is 17.8 Å². The Labute approximate surface area is 392 Å². The lowest BCUT2D eigenvalue weighted by atomic mass is 9.77. The van der Waals surface area contributed by atoms with Crippen molar-refractivity contribution in [1.29, 1.82) is 0 Å². The van der Waals surface area contributed by atoms with E-state index in [-0.39, 0.29) is 37.9 Å². The largest absolute Gasteiger partial charge is 0.459 e. The van der Waals surface area contributed by atoms with Gasteiger partial charge in [0.05, 0.1) is 48.1 Å². The lowest BCUT2D eigenvalue weighted by Gasteiger charge is -2.48. The summed E-state index contributed by atoms with van der Waals surface area (Å²) in [5.74, 6) is -4.52. The van der Waals surface area contributed by atoms with Crippen LogP contribution in [0.4, 0.5) is 0 Å². The number of hydrogen-bond donors (Lipinski definition) is 4. The summed E-state index contributed by atoms with van der Waals surface area (Å²) in [4.78, 5) is 43.0. The van der Waals surface area contributed by atoms with Crippen molar-refractivity contribution in [2.45, 2.75) is 218 Å². The van der Waals surface area contributed by atoms with Crippen LogP contribution in [0.3, 0.4) is 0 Å². The van der Waals surface area contributed by atoms with Crippen LogP contribution >= 0.6 is 0 Å². The van der Waals surface area contributed by atoms with Gasteiger partial charge >= 0.3 is 17.9 Å². The van der Waals surface area contributed by atoms with Crippen molar-refractivity contribution in [2.75, 3.05) is 20.7 Å². The van der Waals surface area contributed by atoms with Crippen LogP contribution < -0.4 is 0 Å². The highest BCUT2D eigenvalue weighted by Gasteiger charge is 2.52. The molecule has 0 bridgehead atoms. The fourth-order valence-corrected chi connectivity index (χ4v) is 9.66. The molecule has 3 saturated heterocycles. The highest BCUT2D eigenvalue weighted by atomic mass is 16.7. The van der Waals surface area contributed by atoms with E-state index < -0.39 is 120 Å². The number of ether oxygens (including phenoxy) is 9. The highest BCUT2D eigenvalue weighted by molar-refractivity contribution is 5.81. The molecule has 4 N–H and O–H groups in total. The molecule has 1 aromatic carbocycles. The molecule has 3 fully saturated rings. The van der Waals surface area contributed by atoms with E-state index in [0.717, 1.165) is 5.56 Å². The zero-order chi connectivity index (χ0) is 49.5. The van der Waals surface area contributed by atoms with E-state index in [1.807, 2.05) is 56.1 Å². The number of rotatable bonds is 13. The van der Waals surface area contributed by atoms with Crippen molar-refractivity contribution < 1.29 is 77.4 Å². The van der Waals surface area contributed by atoms with Gasteiger partial charge < -0.3 is 68.0 Å². The second kappa shape index (κ2) is 23.7. The van der Waals surface area contributed by atoms with Gasteiger partial charge in [-0.25, -0.2) is 9.59 Å². The van der Waals surface area contributed by atoms with Crippen molar-refractivity contribution in [3.05, 3.63) is 35.9 Å². The Morgan fingerprint density at radius 3 is 2.17 bits per heavy atom. The van der Waals surface area contributed by atoms with Gasteiger partial charge in [-0.05, 0) is 107 Å². The summed E-state index contributed by atoms with van der Waals surface area (Å²) in [5, 5.41) is 47.3. The number of methoxy groups -OCH3 is 1. The summed E-state index contributed by atoms with van der Waals surface area (Å²) in [7, 11) is 3.30. The molecule has 17 nitrogen and oxygen atoms in total. The maximum atomic E-state index is 14.4. The predicted molar refractivity (Wildman–Crippen MR) is 241 cm³/mol. The van der Waals surface area contributed by atoms with E-state index in [9.17, 15) is 34.8 Å². The van der Waals surface area contributed by atoms with E-state index in [1.54, 1.807) is 48.5 Å². The summed E-state index contributed by atoms with van der Waals surface area (Å²) in [6.45, 7) is 20.7. The molecule has 0 radical (unpaired) electrons. The van der Waals surface area contributed by atoms with Crippen LogP contribution in [0.2, 0.25) is 0 Å². The number of carbonyl (C=O) groups is 3. The van der Waals surface area contributed by atoms with Gasteiger partial charge in [-0.15, -0.1) is 0 Å². The van der Waals surface area contributed by atoms with Gasteiger partial charge in [0, 0.05) is 32.0 Å². The number of likely N-dealkylation sites (N-methyl/N-ethyl adjacent to an activating group) is 1. The molecule has 17 heteroatoms. The number of benzene rings is 1. The molecule has 0 saturated carbocycles. The average Bonchev–Trinajstić information content (AvgIpc) is 3.26. The molecule has 0 amide bonds. The smallest absolute Gasteiger partial charge is 0.347 e. The fraction of sp³-hybridized carbons (Fsp3) is 0.816. The Hall–Kier alpha value is -2.81. The van der Waals surface area contributed by atoms with Crippen molar-refractivity contribution >= 4 is 17.9 Å². The van der Waals surface area contributed by atoms with Crippen LogP contribution in [0.25, 0.3) is 0 Å². The molecule has 1 aromatic rings. The van der Waals surface area contributed by atoms with Crippen molar-refractivity contribution in [1.82, 2.24) is 4.90 Å². The van der Waals surface area contributed by atoms with Crippen molar-refractivity contribution in [3.63, 3.8) is 0 Å². The van der Waals surface area contributed by atoms with Gasteiger partial charge in [-0.2, -0.15) is 0 Å².